The van der Waals surface area contributed by atoms with Crippen LogP contribution in [0.4, 0.5) is 0 Å². The molecule has 0 aliphatic rings. The second-order valence-corrected chi connectivity index (χ2v) is 4.52. The summed E-state index contributed by atoms with van der Waals surface area (Å²) in [6.07, 6.45) is 1.68. The molecule has 2 rings (SSSR count). The van der Waals surface area contributed by atoms with Crippen LogP contribution in [-0.4, -0.2) is 11.5 Å². The van der Waals surface area contributed by atoms with Gasteiger partial charge in [-0.3, -0.25) is 4.79 Å². The van der Waals surface area contributed by atoms with Gasteiger partial charge in [-0.25, -0.2) is 0 Å². The van der Waals surface area contributed by atoms with E-state index in [1.165, 1.54) is 11.8 Å². The number of carbonyl (C=O) groups is 1. The quantitative estimate of drug-likeness (QED) is 0.596. The van der Waals surface area contributed by atoms with Crippen molar-refractivity contribution in [2.24, 2.45) is 0 Å². The molecule has 1 aromatic heterocycles. The third-order valence-corrected chi connectivity index (χ3v) is 3.13. The lowest BCUT2D eigenvalue weighted by Gasteiger charge is -1.98. The smallest absolute Gasteiger partial charge is 0.173 e. The third-order valence-electron chi connectivity index (χ3n) is 2.17. The Hall–Kier alpha value is -1.48. The Balaban J connectivity index is 1.94. The predicted molar refractivity (Wildman–Crippen MR) is 64.9 cm³/mol. The molecule has 3 heteroatoms. The molecule has 0 radical (unpaired) electrons. The second-order valence-electron chi connectivity index (χ2n) is 3.47. The van der Waals surface area contributed by atoms with E-state index in [1.807, 2.05) is 43.3 Å². The lowest BCUT2D eigenvalue weighted by molar-refractivity contribution is 0.102. The van der Waals surface area contributed by atoms with Crippen molar-refractivity contribution in [3.63, 3.8) is 0 Å². The van der Waals surface area contributed by atoms with Crippen molar-refractivity contribution in [1.82, 2.24) is 0 Å². The van der Waals surface area contributed by atoms with Gasteiger partial charge in [-0.2, -0.15) is 0 Å². The van der Waals surface area contributed by atoms with Crippen LogP contribution in [0.25, 0.3) is 0 Å². The number of benzene rings is 1. The summed E-state index contributed by atoms with van der Waals surface area (Å²) in [4.78, 5) is 12.8. The highest BCUT2D eigenvalue weighted by molar-refractivity contribution is 8.00. The Morgan fingerprint density at radius 3 is 2.69 bits per heavy atom. The van der Waals surface area contributed by atoms with E-state index in [9.17, 15) is 4.79 Å². The summed E-state index contributed by atoms with van der Waals surface area (Å²) < 4.78 is 5.17. The third kappa shape index (κ3) is 2.76. The zero-order valence-corrected chi connectivity index (χ0v) is 9.79. The maximum Gasteiger partial charge on any atom is 0.173 e. The highest BCUT2D eigenvalue weighted by Crippen LogP contribution is 2.21. The minimum absolute atomic E-state index is 0.143. The van der Waals surface area contributed by atoms with Crippen LogP contribution in [0.15, 0.2) is 52.0 Å². The van der Waals surface area contributed by atoms with Crippen molar-refractivity contribution in [2.45, 2.75) is 11.8 Å². The van der Waals surface area contributed by atoms with E-state index in [0.717, 1.165) is 16.2 Å². The first-order valence-electron chi connectivity index (χ1n) is 5.02. The molecule has 2 nitrogen and oxygen atoms in total. The van der Waals surface area contributed by atoms with Crippen LogP contribution in [0.2, 0.25) is 0 Å². The van der Waals surface area contributed by atoms with Crippen molar-refractivity contribution in [3.05, 3.63) is 54.0 Å². The minimum Gasteiger partial charge on any atom is -0.468 e. The number of hydrogen-bond acceptors (Lipinski definition) is 3. The molecule has 2 aromatic rings. The largest absolute Gasteiger partial charge is 0.468 e. The summed E-state index contributed by atoms with van der Waals surface area (Å²) >= 11 is 1.50. The molecule has 0 N–H and O–H groups in total. The van der Waals surface area contributed by atoms with Crippen molar-refractivity contribution in [3.8, 4) is 0 Å². The first-order chi connectivity index (χ1) is 7.75. The maximum atomic E-state index is 11.8. The average molecular weight is 232 g/mol. The Kier molecular flexibility index (Phi) is 3.47. The first kappa shape index (κ1) is 11.0. The van der Waals surface area contributed by atoms with Crippen molar-refractivity contribution >= 4 is 17.5 Å². The van der Waals surface area contributed by atoms with Crippen molar-refractivity contribution < 1.29 is 9.21 Å². The number of carbonyl (C=O) groups excluding carboxylic acids is 1. The normalized spacial score (nSPS) is 10.3. The standard InChI is InChI=1S/C13H12O2S/c1-10-7-12(8-15-10)16-9-13(14)11-5-3-2-4-6-11/h2-8H,9H2,1H3. The molecule has 0 fully saturated rings. The molecule has 1 heterocycles. The van der Waals surface area contributed by atoms with Crippen molar-refractivity contribution in [1.29, 1.82) is 0 Å². The van der Waals surface area contributed by atoms with Crippen LogP contribution >= 0.6 is 11.8 Å². The summed E-state index contributed by atoms with van der Waals surface area (Å²) in [5.41, 5.74) is 0.759. The number of furan rings is 1. The van der Waals surface area contributed by atoms with Crippen LogP contribution in [0.5, 0.6) is 0 Å². The second kappa shape index (κ2) is 5.03. The highest BCUT2D eigenvalue weighted by Gasteiger charge is 2.06. The van der Waals surface area contributed by atoms with E-state index in [0.29, 0.717) is 5.75 Å². The number of Topliss-reactive ketones (excluding diaryl/α,β-unsaturated/α-hetero) is 1. The molecule has 0 aliphatic heterocycles. The summed E-state index contributed by atoms with van der Waals surface area (Å²) in [6, 6.07) is 11.3. The summed E-state index contributed by atoms with van der Waals surface area (Å²) in [7, 11) is 0. The van der Waals surface area contributed by atoms with Crippen LogP contribution in [0, 0.1) is 6.92 Å². The summed E-state index contributed by atoms with van der Waals surface area (Å²) in [5, 5.41) is 0. The van der Waals surface area contributed by atoms with Crippen LogP contribution in [0.1, 0.15) is 16.1 Å². The van der Waals surface area contributed by atoms with E-state index in [4.69, 9.17) is 4.42 Å². The van der Waals surface area contributed by atoms with Crippen LogP contribution in [0.3, 0.4) is 0 Å². The fraction of sp³-hybridized carbons (Fsp3) is 0.154. The van der Waals surface area contributed by atoms with E-state index >= 15 is 0 Å². The summed E-state index contributed by atoms with van der Waals surface area (Å²) in [5.74, 6) is 1.46. The van der Waals surface area contributed by atoms with E-state index in [2.05, 4.69) is 0 Å². The Bertz CT molecular complexity index is 474. The molecule has 1 aromatic carbocycles. The Labute approximate surface area is 98.7 Å². The van der Waals surface area contributed by atoms with Gasteiger partial charge in [0.1, 0.15) is 12.0 Å². The molecule has 0 saturated heterocycles. The number of aryl methyl sites for hydroxylation is 1. The van der Waals surface area contributed by atoms with Gasteiger partial charge in [0, 0.05) is 10.5 Å². The van der Waals surface area contributed by atoms with Gasteiger partial charge in [-0.1, -0.05) is 30.3 Å². The first-order valence-corrected chi connectivity index (χ1v) is 6.00. The minimum atomic E-state index is 0.143. The fourth-order valence-corrected chi connectivity index (χ4v) is 2.18. The van der Waals surface area contributed by atoms with Gasteiger partial charge in [0.2, 0.25) is 0 Å². The van der Waals surface area contributed by atoms with Gasteiger partial charge in [0.05, 0.1) is 5.75 Å². The van der Waals surface area contributed by atoms with Gasteiger partial charge in [-0.15, -0.1) is 11.8 Å². The van der Waals surface area contributed by atoms with Crippen molar-refractivity contribution in [2.75, 3.05) is 5.75 Å². The molecule has 0 saturated carbocycles. The summed E-state index contributed by atoms with van der Waals surface area (Å²) in [6.45, 7) is 1.89. The zero-order valence-electron chi connectivity index (χ0n) is 8.97. The Morgan fingerprint density at radius 2 is 2.06 bits per heavy atom. The highest BCUT2D eigenvalue weighted by atomic mass is 32.2. The molecular formula is C13H12O2S. The van der Waals surface area contributed by atoms with Gasteiger partial charge in [-0.05, 0) is 13.0 Å². The van der Waals surface area contributed by atoms with E-state index < -0.39 is 0 Å². The topological polar surface area (TPSA) is 30.2 Å². The van der Waals surface area contributed by atoms with E-state index in [1.54, 1.807) is 6.26 Å². The number of thioether (sulfide) groups is 1. The number of hydrogen-bond donors (Lipinski definition) is 0. The molecule has 0 spiro atoms. The maximum absolute atomic E-state index is 11.8. The number of rotatable bonds is 4. The predicted octanol–water partition coefficient (Wildman–Crippen LogP) is 3.56. The van der Waals surface area contributed by atoms with Crippen LogP contribution < -0.4 is 0 Å². The molecule has 0 aliphatic carbocycles. The van der Waals surface area contributed by atoms with E-state index in [-0.39, 0.29) is 5.78 Å². The molecule has 0 bridgehead atoms. The average Bonchev–Trinajstić information content (AvgIpc) is 2.73. The zero-order chi connectivity index (χ0) is 11.4. The van der Waals surface area contributed by atoms with Gasteiger partial charge in [0.25, 0.3) is 0 Å². The molecular weight excluding hydrogens is 220 g/mol. The number of ketones is 1. The molecule has 0 unspecified atom stereocenters. The van der Waals surface area contributed by atoms with Gasteiger partial charge >= 0.3 is 0 Å². The lowest BCUT2D eigenvalue weighted by Crippen LogP contribution is -2.01. The van der Waals surface area contributed by atoms with Gasteiger partial charge in [0.15, 0.2) is 5.78 Å². The van der Waals surface area contributed by atoms with Gasteiger partial charge < -0.3 is 4.42 Å². The monoisotopic (exact) mass is 232 g/mol. The Morgan fingerprint density at radius 1 is 1.31 bits per heavy atom. The molecule has 16 heavy (non-hydrogen) atoms. The molecule has 82 valence electrons. The molecule has 0 amide bonds. The van der Waals surface area contributed by atoms with Crippen LogP contribution in [-0.2, 0) is 0 Å². The molecule has 0 atom stereocenters. The SMILES string of the molecule is Cc1cc(SCC(=O)c2ccccc2)co1. The lowest BCUT2D eigenvalue weighted by atomic mass is 10.2. The fourth-order valence-electron chi connectivity index (χ4n) is 1.35.